The Morgan fingerprint density at radius 2 is 1.88 bits per heavy atom. The number of benzene rings is 2. The third-order valence-electron chi connectivity index (χ3n) is 3.96. The van der Waals surface area contributed by atoms with Crippen LogP contribution in [0.4, 0.5) is 5.69 Å². The summed E-state index contributed by atoms with van der Waals surface area (Å²) < 4.78 is 1.68. The lowest BCUT2D eigenvalue weighted by molar-refractivity contribution is 0.102. The molecule has 24 heavy (non-hydrogen) atoms. The smallest absolute Gasteiger partial charge is 0.255 e. The van der Waals surface area contributed by atoms with Crippen molar-refractivity contribution in [3.05, 3.63) is 71.8 Å². The first-order valence-electron chi connectivity index (χ1n) is 7.91. The zero-order valence-corrected chi connectivity index (χ0v) is 14.0. The Labute approximate surface area is 141 Å². The van der Waals surface area contributed by atoms with Crippen LogP contribution in [0.25, 0.3) is 5.69 Å². The fourth-order valence-electron chi connectivity index (χ4n) is 2.54. The maximum atomic E-state index is 12.4. The molecule has 0 aliphatic rings. The summed E-state index contributed by atoms with van der Waals surface area (Å²) in [6, 6.07) is 13.5. The van der Waals surface area contributed by atoms with Crippen LogP contribution in [0.1, 0.15) is 41.3 Å². The summed E-state index contributed by atoms with van der Waals surface area (Å²) in [7, 11) is 0. The first-order valence-corrected chi connectivity index (χ1v) is 7.91. The number of nitrogens with zero attached hydrogens (tertiary/aromatic N) is 3. The molecular formula is C19H20N4O. The van der Waals surface area contributed by atoms with Crippen LogP contribution >= 0.6 is 0 Å². The van der Waals surface area contributed by atoms with Crippen molar-refractivity contribution in [2.45, 2.75) is 26.7 Å². The molecule has 3 aromatic rings. The van der Waals surface area contributed by atoms with Crippen LogP contribution in [0.2, 0.25) is 0 Å². The number of aryl methyl sites for hydroxylation is 1. The first kappa shape index (κ1) is 15.9. The van der Waals surface area contributed by atoms with Gasteiger partial charge in [-0.05, 0) is 54.3 Å². The molecule has 122 valence electrons. The van der Waals surface area contributed by atoms with Gasteiger partial charge in [0.2, 0.25) is 0 Å². The minimum atomic E-state index is -0.125. The van der Waals surface area contributed by atoms with Crippen LogP contribution in [0.3, 0.4) is 0 Å². The fraction of sp³-hybridized carbons (Fsp3) is 0.211. The Balaban J connectivity index is 1.76. The number of carbonyl (C=O) groups is 1. The van der Waals surface area contributed by atoms with Gasteiger partial charge in [0.25, 0.3) is 5.91 Å². The van der Waals surface area contributed by atoms with Crippen molar-refractivity contribution < 1.29 is 4.79 Å². The molecule has 1 heterocycles. The highest BCUT2D eigenvalue weighted by Crippen LogP contribution is 2.19. The van der Waals surface area contributed by atoms with Crippen LogP contribution in [-0.2, 0) is 0 Å². The topological polar surface area (TPSA) is 59.8 Å². The van der Waals surface area contributed by atoms with Gasteiger partial charge in [-0.2, -0.15) is 5.10 Å². The van der Waals surface area contributed by atoms with Crippen LogP contribution in [0.5, 0.6) is 0 Å². The Bertz CT molecular complexity index is 836. The van der Waals surface area contributed by atoms with Crippen molar-refractivity contribution in [2.75, 3.05) is 5.32 Å². The average Bonchev–Trinajstić information content (AvgIpc) is 3.09. The lowest BCUT2D eigenvalue weighted by Crippen LogP contribution is -2.12. The summed E-state index contributed by atoms with van der Waals surface area (Å²) in [6.45, 7) is 6.24. The van der Waals surface area contributed by atoms with Crippen LogP contribution in [-0.4, -0.2) is 20.7 Å². The van der Waals surface area contributed by atoms with Gasteiger partial charge in [-0.3, -0.25) is 4.79 Å². The molecule has 0 saturated carbocycles. The summed E-state index contributed by atoms with van der Waals surface area (Å²) >= 11 is 0. The molecule has 0 aliphatic heterocycles. The van der Waals surface area contributed by atoms with E-state index in [-0.39, 0.29) is 5.91 Å². The molecular weight excluding hydrogens is 300 g/mol. The summed E-state index contributed by atoms with van der Waals surface area (Å²) in [5.74, 6) is 0.349. The van der Waals surface area contributed by atoms with E-state index in [0.29, 0.717) is 11.5 Å². The van der Waals surface area contributed by atoms with Gasteiger partial charge in [0, 0.05) is 11.3 Å². The van der Waals surface area contributed by atoms with Gasteiger partial charge in [-0.25, -0.2) is 9.67 Å². The van der Waals surface area contributed by atoms with Crippen molar-refractivity contribution in [2.24, 2.45) is 0 Å². The second kappa shape index (κ2) is 6.66. The molecule has 0 unspecified atom stereocenters. The Kier molecular flexibility index (Phi) is 4.42. The Morgan fingerprint density at radius 3 is 2.46 bits per heavy atom. The molecule has 3 rings (SSSR count). The number of hydrogen-bond donors (Lipinski definition) is 1. The molecule has 2 aromatic carbocycles. The van der Waals surface area contributed by atoms with E-state index in [9.17, 15) is 4.79 Å². The number of nitrogens with one attached hydrogen (secondary N) is 1. The van der Waals surface area contributed by atoms with Gasteiger partial charge in [0.1, 0.15) is 12.7 Å². The van der Waals surface area contributed by atoms with Gasteiger partial charge >= 0.3 is 0 Å². The van der Waals surface area contributed by atoms with Crippen LogP contribution in [0, 0.1) is 6.92 Å². The first-order chi connectivity index (χ1) is 11.5. The Hall–Kier alpha value is -2.95. The zero-order chi connectivity index (χ0) is 17.1. The van der Waals surface area contributed by atoms with Gasteiger partial charge in [0.05, 0.1) is 5.69 Å². The highest BCUT2D eigenvalue weighted by Gasteiger charge is 2.10. The van der Waals surface area contributed by atoms with Gasteiger partial charge in [-0.1, -0.05) is 26.0 Å². The van der Waals surface area contributed by atoms with Gasteiger partial charge < -0.3 is 5.32 Å². The predicted octanol–water partition coefficient (Wildman–Crippen LogP) is 3.95. The summed E-state index contributed by atoms with van der Waals surface area (Å²) in [5.41, 5.74) is 4.53. The molecule has 0 saturated heterocycles. The average molecular weight is 320 g/mol. The van der Waals surface area contributed by atoms with Crippen molar-refractivity contribution in [3.8, 4) is 5.69 Å². The van der Waals surface area contributed by atoms with E-state index < -0.39 is 0 Å². The number of aromatic nitrogens is 3. The molecule has 0 radical (unpaired) electrons. The minimum absolute atomic E-state index is 0.125. The predicted molar refractivity (Wildman–Crippen MR) is 94.6 cm³/mol. The molecule has 5 heteroatoms. The van der Waals surface area contributed by atoms with Crippen molar-refractivity contribution in [1.29, 1.82) is 0 Å². The number of amides is 1. The second-order valence-electron chi connectivity index (χ2n) is 6.07. The van der Waals surface area contributed by atoms with Crippen molar-refractivity contribution in [3.63, 3.8) is 0 Å². The molecule has 1 aromatic heterocycles. The lowest BCUT2D eigenvalue weighted by atomic mass is 10.0. The van der Waals surface area contributed by atoms with Gasteiger partial charge in [0.15, 0.2) is 0 Å². The molecule has 5 nitrogen and oxygen atoms in total. The van der Waals surface area contributed by atoms with Crippen molar-refractivity contribution in [1.82, 2.24) is 14.8 Å². The maximum absolute atomic E-state index is 12.4. The largest absolute Gasteiger partial charge is 0.322 e. The zero-order valence-electron chi connectivity index (χ0n) is 14.0. The molecule has 1 amide bonds. The van der Waals surface area contributed by atoms with E-state index in [0.717, 1.165) is 16.9 Å². The van der Waals surface area contributed by atoms with Gasteiger partial charge in [-0.15, -0.1) is 0 Å². The summed E-state index contributed by atoms with van der Waals surface area (Å²) in [4.78, 5) is 16.4. The third-order valence-corrected chi connectivity index (χ3v) is 3.96. The van der Waals surface area contributed by atoms with Crippen LogP contribution < -0.4 is 5.32 Å². The molecule has 0 spiro atoms. The van der Waals surface area contributed by atoms with E-state index in [2.05, 4.69) is 29.2 Å². The summed E-state index contributed by atoms with van der Waals surface area (Å²) in [6.07, 6.45) is 3.12. The van der Waals surface area contributed by atoms with Crippen LogP contribution in [0.15, 0.2) is 55.1 Å². The maximum Gasteiger partial charge on any atom is 0.255 e. The molecule has 0 aliphatic carbocycles. The number of anilines is 1. The molecule has 1 N–H and O–H groups in total. The quantitative estimate of drug-likeness (QED) is 0.792. The van der Waals surface area contributed by atoms with E-state index >= 15 is 0 Å². The van der Waals surface area contributed by atoms with E-state index in [1.807, 2.05) is 43.3 Å². The fourth-order valence-corrected chi connectivity index (χ4v) is 2.54. The number of carbonyl (C=O) groups excluding carboxylic acids is 1. The number of hydrogen-bond acceptors (Lipinski definition) is 3. The SMILES string of the molecule is Cc1cc(C(=O)Nc2ccc(C(C)C)cc2)ccc1-n1cncn1. The molecule has 0 fully saturated rings. The normalized spacial score (nSPS) is 10.8. The van der Waals surface area contributed by atoms with E-state index in [4.69, 9.17) is 0 Å². The highest BCUT2D eigenvalue weighted by atomic mass is 16.1. The van der Waals surface area contributed by atoms with E-state index in [1.54, 1.807) is 17.1 Å². The molecule has 0 bridgehead atoms. The summed E-state index contributed by atoms with van der Waals surface area (Å²) in [5, 5.41) is 7.05. The lowest BCUT2D eigenvalue weighted by Gasteiger charge is -2.10. The number of rotatable bonds is 4. The standard InChI is InChI=1S/C19H20N4O/c1-13(2)15-4-7-17(8-5-15)22-19(24)16-6-9-18(14(3)10-16)23-12-20-11-21-23/h4-13H,1-3H3,(H,22,24). The van der Waals surface area contributed by atoms with E-state index in [1.165, 1.54) is 11.9 Å². The minimum Gasteiger partial charge on any atom is -0.322 e. The molecule has 0 atom stereocenters. The highest BCUT2D eigenvalue weighted by molar-refractivity contribution is 6.04. The Morgan fingerprint density at radius 1 is 1.12 bits per heavy atom. The monoisotopic (exact) mass is 320 g/mol. The second-order valence-corrected chi connectivity index (χ2v) is 6.07. The van der Waals surface area contributed by atoms with Crippen molar-refractivity contribution >= 4 is 11.6 Å². The third kappa shape index (κ3) is 3.35.